The lowest BCUT2D eigenvalue weighted by Gasteiger charge is -2.12. The SMILES string of the molecule is O=c1c2cc(F)c(-n3ccnc3)cc2n(C2CC2)c(=O)n1O. The summed E-state index contributed by atoms with van der Waals surface area (Å²) >= 11 is 0. The molecule has 1 aliphatic rings. The Balaban J connectivity index is 2.15. The predicted molar refractivity (Wildman–Crippen MR) is 75.0 cm³/mol. The number of aromatic nitrogens is 4. The number of rotatable bonds is 2. The fourth-order valence-electron chi connectivity index (χ4n) is 2.61. The van der Waals surface area contributed by atoms with E-state index < -0.39 is 17.1 Å². The van der Waals surface area contributed by atoms with E-state index in [0.29, 0.717) is 5.52 Å². The van der Waals surface area contributed by atoms with Crippen LogP contribution in [0, 0.1) is 5.82 Å². The number of imidazole rings is 1. The van der Waals surface area contributed by atoms with E-state index in [1.54, 1.807) is 6.20 Å². The van der Waals surface area contributed by atoms with Crippen molar-refractivity contribution in [3.05, 3.63) is 57.5 Å². The molecule has 7 nitrogen and oxygen atoms in total. The molecular formula is C14H11FN4O3. The fraction of sp³-hybridized carbons (Fsp3) is 0.214. The van der Waals surface area contributed by atoms with Gasteiger partial charge in [-0.05, 0) is 25.0 Å². The number of hydrogen-bond donors (Lipinski definition) is 1. The van der Waals surface area contributed by atoms with Crippen LogP contribution in [0.2, 0.25) is 0 Å². The maximum atomic E-state index is 14.3. The molecular weight excluding hydrogens is 291 g/mol. The van der Waals surface area contributed by atoms with E-state index in [1.165, 1.54) is 27.7 Å². The standard InChI is InChI=1S/C14H11FN4O3/c15-10-5-9-11(6-12(10)17-4-3-16-7-17)18(8-1-2-8)14(21)19(22)13(9)20/h3-8,22H,1-2H2. The minimum absolute atomic E-state index is 0.0321. The maximum absolute atomic E-state index is 14.3. The van der Waals surface area contributed by atoms with Crippen LogP contribution >= 0.6 is 0 Å². The lowest BCUT2D eigenvalue weighted by atomic mass is 10.2. The second kappa shape index (κ2) is 4.30. The van der Waals surface area contributed by atoms with Crippen LogP contribution < -0.4 is 11.2 Å². The molecule has 1 N–H and O–H groups in total. The molecule has 1 aliphatic carbocycles. The summed E-state index contributed by atoms with van der Waals surface area (Å²) in [5.41, 5.74) is -1.22. The summed E-state index contributed by atoms with van der Waals surface area (Å²) in [6, 6.07) is 2.40. The van der Waals surface area contributed by atoms with E-state index in [1.807, 2.05) is 0 Å². The van der Waals surface area contributed by atoms with E-state index in [-0.39, 0.29) is 21.8 Å². The Morgan fingerprint density at radius 2 is 2.05 bits per heavy atom. The smallest absolute Gasteiger partial charge is 0.365 e. The van der Waals surface area contributed by atoms with Gasteiger partial charge in [-0.2, -0.15) is 0 Å². The largest absolute Gasteiger partial charge is 0.421 e. The first-order valence-electron chi connectivity index (χ1n) is 6.76. The molecule has 22 heavy (non-hydrogen) atoms. The Bertz CT molecular complexity index is 1000. The van der Waals surface area contributed by atoms with Gasteiger partial charge in [-0.3, -0.25) is 9.36 Å². The zero-order valence-corrected chi connectivity index (χ0v) is 11.3. The molecule has 0 unspecified atom stereocenters. The molecule has 0 radical (unpaired) electrons. The van der Waals surface area contributed by atoms with Crippen LogP contribution in [-0.4, -0.2) is 24.1 Å². The van der Waals surface area contributed by atoms with E-state index in [2.05, 4.69) is 4.98 Å². The molecule has 4 rings (SSSR count). The van der Waals surface area contributed by atoms with Gasteiger partial charge >= 0.3 is 5.69 Å². The molecule has 8 heteroatoms. The van der Waals surface area contributed by atoms with Crippen molar-refractivity contribution in [2.45, 2.75) is 18.9 Å². The van der Waals surface area contributed by atoms with Gasteiger partial charge < -0.3 is 9.77 Å². The molecule has 0 atom stereocenters. The molecule has 3 aromatic rings. The first kappa shape index (κ1) is 12.8. The summed E-state index contributed by atoms with van der Waals surface area (Å²) in [4.78, 5) is 28.0. The molecule has 112 valence electrons. The highest BCUT2D eigenvalue weighted by atomic mass is 19.1. The molecule has 0 bridgehead atoms. The number of benzene rings is 1. The minimum atomic E-state index is -0.923. The highest BCUT2D eigenvalue weighted by Crippen LogP contribution is 2.35. The number of hydrogen-bond acceptors (Lipinski definition) is 4. The molecule has 1 saturated carbocycles. The van der Waals surface area contributed by atoms with Crippen molar-refractivity contribution in [1.82, 2.24) is 18.8 Å². The predicted octanol–water partition coefficient (Wildman–Crippen LogP) is 1.06. The molecule has 0 saturated heterocycles. The lowest BCUT2D eigenvalue weighted by molar-refractivity contribution is 0.157. The zero-order valence-electron chi connectivity index (χ0n) is 11.3. The average molecular weight is 302 g/mol. The summed E-state index contributed by atoms with van der Waals surface area (Å²) < 4.78 is 17.1. The Morgan fingerprint density at radius 1 is 1.27 bits per heavy atom. The number of fused-ring (bicyclic) bond motifs is 1. The van der Waals surface area contributed by atoms with Gasteiger partial charge in [0.1, 0.15) is 5.82 Å². The van der Waals surface area contributed by atoms with Crippen LogP contribution in [0.5, 0.6) is 0 Å². The molecule has 1 fully saturated rings. The van der Waals surface area contributed by atoms with E-state index in [9.17, 15) is 19.2 Å². The van der Waals surface area contributed by atoms with Crippen molar-refractivity contribution in [3.8, 4) is 5.69 Å². The normalized spacial score (nSPS) is 14.6. The Kier molecular flexibility index (Phi) is 2.50. The van der Waals surface area contributed by atoms with E-state index >= 15 is 0 Å². The van der Waals surface area contributed by atoms with Crippen LogP contribution in [-0.2, 0) is 0 Å². The average Bonchev–Trinajstić information content (AvgIpc) is 3.19. The van der Waals surface area contributed by atoms with E-state index in [4.69, 9.17) is 0 Å². The van der Waals surface area contributed by atoms with Gasteiger partial charge in [-0.1, -0.05) is 4.73 Å². The lowest BCUT2D eigenvalue weighted by Crippen LogP contribution is -2.38. The third kappa shape index (κ3) is 1.70. The summed E-state index contributed by atoms with van der Waals surface area (Å²) in [6.07, 6.45) is 6.06. The summed E-state index contributed by atoms with van der Waals surface area (Å²) in [6.45, 7) is 0. The van der Waals surface area contributed by atoms with Crippen molar-refractivity contribution in [1.29, 1.82) is 0 Å². The summed E-state index contributed by atoms with van der Waals surface area (Å²) in [5, 5.41) is 9.61. The second-order valence-corrected chi connectivity index (χ2v) is 5.29. The highest BCUT2D eigenvalue weighted by molar-refractivity contribution is 5.80. The number of halogens is 1. The Morgan fingerprint density at radius 3 is 2.68 bits per heavy atom. The van der Waals surface area contributed by atoms with Gasteiger partial charge in [0.15, 0.2) is 0 Å². The van der Waals surface area contributed by atoms with Crippen LogP contribution in [0.4, 0.5) is 4.39 Å². The molecule has 2 heterocycles. The second-order valence-electron chi connectivity index (χ2n) is 5.29. The fourth-order valence-corrected chi connectivity index (χ4v) is 2.61. The monoisotopic (exact) mass is 302 g/mol. The van der Waals surface area contributed by atoms with Crippen molar-refractivity contribution in [3.63, 3.8) is 0 Å². The van der Waals surface area contributed by atoms with Crippen LogP contribution in [0.15, 0.2) is 40.4 Å². The summed E-state index contributed by atoms with van der Waals surface area (Å²) in [5.74, 6) is -0.636. The number of nitrogens with zero attached hydrogens (tertiary/aromatic N) is 4. The highest BCUT2D eigenvalue weighted by Gasteiger charge is 2.29. The van der Waals surface area contributed by atoms with Gasteiger partial charge in [-0.25, -0.2) is 14.2 Å². The van der Waals surface area contributed by atoms with Gasteiger partial charge in [0.05, 0.1) is 22.9 Å². The van der Waals surface area contributed by atoms with Gasteiger partial charge in [0, 0.05) is 18.4 Å². The van der Waals surface area contributed by atoms with Crippen LogP contribution in [0.25, 0.3) is 16.6 Å². The molecule has 0 amide bonds. The molecule has 0 aliphatic heterocycles. The van der Waals surface area contributed by atoms with Gasteiger partial charge in [0.2, 0.25) is 0 Å². The quantitative estimate of drug-likeness (QED) is 0.718. The first-order valence-corrected chi connectivity index (χ1v) is 6.76. The first-order chi connectivity index (χ1) is 10.6. The third-order valence-corrected chi connectivity index (χ3v) is 3.83. The zero-order chi connectivity index (χ0) is 15.4. The van der Waals surface area contributed by atoms with E-state index in [0.717, 1.165) is 18.9 Å². The van der Waals surface area contributed by atoms with Crippen molar-refractivity contribution in [2.24, 2.45) is 0 Å². The summed E-state index contributed by atoms with van der Waals surface area (Å²) in [7, 11) is 0. The maximum Gasteiger partial charge on any atom is 0.365 e. The van der Waals surface area contributed by atoms with Gasteiger partial charge in [-0.15, -0.1) is 0 Å². The molecule has 0 spiro atoms. The third-order valence-electron chi connectivity index (χ3n) is 3.83. The molecule has 2 aromatic heterocycles. The van der Waals surface area contributed by atoms with Crippen LogP contribution in [0.1, 0.15) is 18.9 Å². The Hall–Kier alpha value is -2.90. The van der Waals surface area contributed by atoms with Crippen LogP contribution in [0.3, 0.4) is 0 Å². The van der Waals surface area contributed by atoms with Crippen molar-refractivity contribution < 1.29 is 9.60 Å². The van der Waals surface area contributed by atoms with Crippen molar-refractivity contribution in [2.75, 3.05) is 0 Å². The van der Waals surface area contributed by atoms with Crippen molar-refractivity contribution >= 4 is 10.9 Å². The van der Waals surface area contributed by atoms with Gasteiger partial charge in [0.25, 0.3) is 5.56 Å². The minimum Gasteiger partial charge on any atom is -0.421 e. The molecule has 1 aromatic carbocycles. The topological polar surface area (TPSA) is 82.0 Å². The Labute approximate surface area is 122 Å².